The molecule has 25 heavy (non-hydrogen) atoms. The van der Waals surface area contributed by atoms with Crippen molar-refractivity contribution in [2.24, 2.45) is 5.92 Å². The lowest BCUT2D eigenvalue weighted by Gasteiger charge is -2.05. The van der Waals surface area contributed by atoms with Crippen LogP contribution in [-0.2, 0) is 19.1 Å². The molecule has 1 N–H and O–H groups in total. The summed E-state index contributed by atoms with van der Waals surface area (Å²) in [5.41, 5.74) is 0.807. The Morgan fingerprint density at radius 1 is 1.20 bits per heavy atom. The molecule has 0 atom stereocenters. The minimum absolute atomic E-state index is 0.0440. The standard InChI is InChI=1S/C10H10O3.C10H20O2/c1-13-9(10(11)12)7-8-5-3-2-4-6-8;1-4-5-6-10(11)12-8-7-9(2)3/h2-7H,1H3,(H,11,12);9H,4-8H2,1-3H3. The molecule has 0 bridgehead atoms. The number of ether oxygens (including phenoxy) is 2. The van der Waals surface area contributed by atoms with Crippen LogP contribution in [0.5, 0.6) is 0 Å². The maximum absolute atomic E-state index is 11.0. The first-order valence-corrected chi connectivity index (χ1v) is 8.60. The van der Waals surface area contributed by atoms with Crippen LogP contribution in [-0.4, -0.2) is 30.8 Å². The summed E-state index contributed by atoms with van der Waals surface area (Å²) in [5.74, 6) is -0.556. The summed E-state index contributed by atoms with van der Waals surface area (Å²) >= 11 is 0. The molecule has 0 aliphatic heterocycles. The summed E-state index contributed by atoms with van der Waals surface area (Å²) in [7, 11) is 1.34. The van der Waals surface area contributed by atoms with E-state index in [4.69, 9.17) is 9.84 Å². The molecule has 1 aromatic carbocycles. The molecule has 0 heterocycles. The van der Waals surface area contributed by atoms with E-state index in [1.54, 1.807) is 0 Å². The van der Waals surface area contributed by atoms with Gasteiger partial charge in [-0.2, -0.15) is 0 Å². The summed E-state index contributed by atoms with van der Waals surface area (Å²) in [5, 5.41) is 8.64. The summed E-state index contributed by atoms with van der Waals surface area (Å²) in [4.78, 5) is 21.5. The van der Waals surface area contributed by atoms with Crippen LogP contribution < -0.4 is 0 Å². The lowest BCUT2D eigenvalue weighted by atomic mass is 10.1. The van der Waals surface area contributed by atoms with Gasteiger partial charge in [-0.25, -0.2) is 4.79 Å². The van der Waals surface area contributed by atoms with Crippen LogP contribution in [0.25, 0.3) is 6.08 Å². The summed E-state index contributed by atoms with van der Waals surface area (Å²) in [6.45, 7) is 6.90. The molecule has 140 valence electrons. The third kappa shape index (κ3) is 12.8. The maximum Gasteiger partial charge on any atom is 0.371 e. The Labute approximate surface area is 150 Å². The second-order valence-corrected chi connectivity index (χ2v) is 5.94. The number of rotatable bonds is 9. The average Bonchev–Trinajstić information content (AvgIpc) is 2.58. The van der Waals surface area contributed by atoms with Crippen molar-refractivity contribution < 1.29 is 24.2 Å². The van der Waals surface area contributed by atoms with Gasteiger partial charge in [0.2, 0.25) is 5.76 Å². The number of esters is 1. The number of carboxylic acids is 1. The molecule has 1 rings (SSSR count). The Hall–Kier alpha value is -2.30. The Balaban J connectivity index is 0.000000463. The minimum Gasteiger partial charge on any atom is -0.490 e. The zero-order valence-electron chi connectivity index (χ0n) is 15.7. The van der Waals surface area contributed by atoms with Crippen LogP contribution in [0.15, 0.2) is 36.1 Å². The molecular formula is C20H30O5. The van der Waals surface area contributed by atoms with Gasteiger partial charge in [0.1, 0.15) is 0 Å². The Kier molecular flexibility index (Phi) is 12.8. The smallest absolute Gasteiger partial charge is 0.371 e. The molecule has 0 aliphatic rings. The highest BCUT2D eigenvalue weighted by molar-refractivity contribution is 5.89. The van der Waals surface area contributed by atoms with Crippen molar-refractivity contribution >= 4 is 18.0 Å². The largest absolute Gasteiger partial charge is 0.490 e. The fraction of sp³-hybridized carbons (Fsp3) is 0.500. The van der Waals surface area contributed by atoms with Crippen molar-refractivity contribution in [3.05, 3.63) is 41.7 Å². The molecule has 0 saturated carbocycles. The molecule has 0 spiro atoms. The Morgan fingerprint density at radius 2 is 1.84 bits per heavy atom. The van der Waals surface area contributed by atoms with Gasteiger partial charge in [-0.1, -0.05) is 57.5 Å². The highest BCUT2D eigenvalue weighted by Crippen LogP contribution is 2.06. The molecule has 0 aromatic heterocycles. The summed E-state index contributed by atoms with van der Waals surface area (Å²) < 4.78 is 9.69. The van der Waals surface area contributed by atoms with Crippen molar-refractivity contribution in [3.63, 3.8) is 0 Å². The van der Waals surface area contributed by atoms with Crippen molar-refractivity contribution in [2.45, 2.75) is 46.5 Å². The van der Waals surface area contributed by atoms with E-state index in [2.05, 4.69) is 25.5 Å². The van der Waals surface area contributed by atoms with Gasteiger partial charge in [0.05, 0.1) is 13.7 Å². The lowest BCUT2D eigenvalue weighted by molar-refractivity contribution is -0.144. The molecule has 5 heteroatoms. The van der Waals surface area contributed by atoms with Crippen molar-refractivity contribution in [2.75, 3.05) is 13.7 Å². The van der Waals surface area contributed by atoms with E-state index >= 15 is 0 Å². The van der Waals surface area contributed by atoms with Crippen molar-refractivity contribution in [1.29, 1.82) is 0 Å². The number of carbonyl (C=O) groups excluding carboxylic acids is 1. The fourth-order valence-corrected chi connectivity index (χ4v) is 1.71. The van der Waals surface area contributed by atoms with Gasteiger partial charge in [0.25, 0.3) is 0 Å². The monoisotopic (exact) mass is 350 g/mol. The van der Waals surface area contributed by atoms with Gasteiger partial charge in [-0.05, 0) is 30.4 Å². The third-order valence-electron chi connectivity index (χ3n) is 3.22. The number of hydrogen-bond donors (Lipinski definition) is 1. The molecule has 0 aliphatic carbocycles. The molecule has 0 saturated heterocycles. The second kappa shape index (κ2) is 14.1. The normalized spacial score (nSPS) is 10.7. The number of methoxy groups -OCH3 is 1. The average molecular weight is 350 g/mol. The number of aliphatic carboxylic acids is 1. The minimum atomic E-state index is -1.06. The van der Waals surface area contributed by atoms with Crippen molar-refractivity contribution in [1.82, 2.24) is 0 Å². The zero-order valence-corrected chi connectivity index (χ0v) is 15.7. The first-order valence-electron chi connectivity index (χ1n) is 8.60. The lowest BCUT2D eigenvalue weighted by Crippen LogP contribution is -2.07. The number of benzene rings is 1. The Morgan fingerprint density at radius 3 is 2.32 bits per heavy atom. The van der Waals surface area contributed by atoms with E-state index in [-0.39, 0.29) is 11.7 Å². The van der Waals surface area contributed by atoms with Gasteiger partial charge < -0.3 is 14.6 Å². The zero-order chi connectivity index (χ0) is 19.1. The highest BCUT2D eigenvalue weighted by Gasteiger charge is 2.05. The van der Waals surface area contributed by atoms with E-state index in [1.807, 2.05) is 30.3 Å². The third-order valence-corrected chi connectivity index (χ3v) is 3.22. The SMILES string of the molecule is CCCCC(=O)OCCC(C)C.COC(=Cc1ccccc1)C(=O)O. The Bertz CT molecular complexity index is 520. The van der Waals surface area contributed by atoms with Gasteiger partial charge in [0, 0.05) is 6.42 Å². The van der Waals surface area contributed by atoms with Gasteiger partial charge in [-0.3, -0.25) is 4.79 Å². The summed E-state index contributed by atoms with van der Waals surface area (Å²) in [6, 6.07) is 9.15. The molecule has 0 amide bonds. The van der Waals surface area contributed by atoms with Gasteiger partial charge >= 0.3 is 11.9 Å². The van der Waals surface area contributed by atoms with Crippen LogP contribution >= 0.6 is 0 Å². The molecule has 0 fully saturated rings. The second-order valence-electron chi connectivity index (χ2n) is 5.94. The highest BCUT2D eigenvalue weighted by atomic mass is 16.5. The quantitative estimate of drug-likeness (QED) is 0.402. The summed E-state index contributed by atoms with van der Waals surface area (Å²) in [6.07, 6.45) is 5.02. The molecule has 5 nitrogen and oxygen atoms in total. The molecule has 1 aromatic rings. The van der Waals surface area contributed by atoms with Crippen LogP contribution in [0.1, 0.15) is 52.0 Å². The molecule has 0 unspecified atom stereocenters. The number of hydrogen-bond acceptors (Lipinski definition) is 4. The first-order chi connectivity index (χ1) is 11.9. The number of carboxylic acid groups (broad SMARTS) is 1. The van der Waals surface area contributed by atoms with Gasteiger partial charge in [0.15, 0.2) is 0 Å². The van der Waals surface area contributed by atoms with Crippen molar-refractivity contribution in [3.8, 4) is 0 Å². The van der Waals surface area contributed by atoms with E-state index in [1.165, 1.54) is 13.2 Å². The molecular weight excluding hydrogens is 320 g/mol. The van der Waals surface area contributed by atoms with Crippen LogP contribution in [0.4, 0.5) is 0 Å². The van der Waals surface area contributed by atoms with E-state index in [9.17, 15) is 9.59 Å². The number of unbranched alkanes of at least 4 members (excludes halogenated alkanes) is 1. The molecule has 0 radical (unpaired) electrons. The fourth-order valence-electron chi connectivity index (χ4n) is 1.71. The predicted octanol–water partition coefficient (Wildman–Crippen LogP) is 4.52. The first kappa shape index (κ1) is 22.7. The van der Waals surface area contributed by atoms with Crippen LogP contribution in [0.2, 0.25) is 0 Å². The van der Waals surface area contributed by atoms with E-state index in [0.717, 1.165) is 24.8 Å². The van der Waals surface area contributed by atoms with Crippen LogP contribution in [0, 0.1) is 5.92 Å². The van der Waals surface area contributed by atoms with Gasteiger partial charge in [-0.15, -0.1) is 0 Å². The van der Waals surface area contributed by atoms with Crippen LogP contribution in [0.3, 0.4) is 0 Å². The van der Waals surface area contributed by atoms with E-state index < -0.39 is 5.97 Å². The predicted molar refractivity (Wildman–Crippen MR) is 99.0 cm³/mol. The number of carbonyl (C=O) groups is 2. The van der Waals surface area contributed by atoms with E-state index in [0.29, 0.717) is 18.9 Å². The maximum atomic E-state index is 11.0. The topological polar surface area (TPSA) is 72.8 Å².